The second-order valence-corrected chi connectivity index (χ2v) is 5.86. The van der Waals surface area contributed by atoms with E-state index in [-0.39, 0.29) is 0 Å². The zero-order valence-electron chi connectivity index (χ0n) is 10.8. The molecular weight excluding hydrogens is 242 g/mol. The monoisotopic (exact) mass is 261 g/mol. The van der Waals surface area contributed by atoms with Crippen LogP contribution in [0.4, 0.5) is 0 Å². The minimum Gasteiger partial charge on any atom is -0.489 e. The van der Waals surface area contributed by atoms with Crippen molar-refractivity contribution in [1.29, 1.82) is 5.26 Å². The fourth-order valence-electron chi connectivity index (χ4n) is 2.36. The number of hydrogen-bond acceptors (Lipinski definition) is 3. The van der Waals surface area contributed by atoms with Crippen LogP contribution in [0, 0.1) is 11.3 Å². The van der Waals surface area contributed by atoms with E-state index in [1.165, 1.54) is 19.3 Å². The van der Waals surface area contributed by atoms with Gasteiger partial charge in [-0.15, -0.1) is 11.8 Å². The summed E-state index contributed by atoms with van der Waals surface area (Å²) in [5.41, 5.74) is 0.704. The van der Waals surface area contributed by atoms with Gasteiger partial charge in [-0.3, -0.25) is 0 Å². The predicted octanol–water partition coefficient (Wildman–Crippen LogP) is 4.38. The van der Waals surface area contributed by atoms with Crippen LogP contribution in [0.2, 0.25) is 0 Å². The van der Waals surface area contributed by atoms with Gasteiger partial charge in [-0.05, 0) is 43.6 Å². The first-order valence-electron chi connectivity index (χ1n) is 6.67. The van der Waals surface area contributed by atoms with Gasteiger partial charge in [0.1, 0.15) is 17.4 Å². The van der Waals surface area contributed by atoms with E-state index in [0.717, 1.165) is 29.2 Å². The van der Waals surface area contributed by atoms with Crippen molar-refractivity contribution in [3.8, 4) is 11.8 Å². The summed E-state index contributed by atoms with van der Waals surface area (Å²) in [5.74, 6) is 1.74. The summed E-state index contributed by atoms with van der Waals surface area (Å²) < 4.78 is 6.03. The van der Waals surface area contributed by atoms with E-state index in [9.17, 15) is 5.26 Å². The zero-order chi connectivity index (χ0) is 12.8. The molecule has 1 aliphatic carbocycles. The van der Waals surface area contributed by atoms with E-state index < -0.39 is 0 Å². The highest BCUT2D eigenvalue weighted by molar-refractivity contribution is 7.99. The average molecular weight is 261 g/mol. The fourth-order valence-corrected chi connectivity index (χ4v) is 3.13. The molecule has 1 aliphatic rings. The highest BCUT2D eigenvalue weighted by atomic mass is 32.2. The van der Waals surface area contributed by atoms with E-state index in [1.54, 1.807) is 11.8 Å². The molecule has 0 spiro atoms. The van der Waals surface area contributed by atoms with Crippen LogP contribution < -0.4 is 4.74 Å². The summed E-state index contributed by atoms with van der Waals surface area (Å²) >= 11 is 1.70. The van der Waals surface area contributed by atoms with Crippen LogP contribution in [0.25, 0.3) is 0 Å². The van der Waals surface area contributed by atoms with Crippen molar-refractivity contribution in [2.75, 3.05) is 5.75 Å². The Morgan fingerprint density at radius 1 is 1.33 bits per heavy atom. The van der Waals surface area contributed by atoms with Gasteiger partial charge in [0.15, 0.2) is 0 Å². The highest BCUT2D eigenvalue weighted by Crippen LogP contribution is 2.31. The molecule has 18 heavy (non-hydrogen) atoms. The maximum Gasteiger partial charge on any atom is 0.138 e. The molecule has 2 nitrogen and oxygen atoms in total. The normalized spacial score (nSPS) is 16.2. The van der Waals surface area contributed by atoms with E-state index in [1.807, 2.05) is 18.2 Å². The number of nitrogens with zero attached hydrogens (tertiary/aromatic N) is 1. The molecule has 1 fully saturated rings. The lowest BCUT2D eigenvalue weighted by Crippen LogP contribution is -2.20. The van der Waals surface area contributed by atoms with Gasteiger partial charge in [0.2, 0.25) is 0 Å². The summed E-state index contributed by atoms with van der Waals surface area (Å²) in [6, 6.07) is 8.20. The number of benzene rings is 1. The number of ether oxygens (including phenoxy) is 1. The maximum absolute atomic E-state index is 9.31. The Balaban J connectivity index is 2.16. The van der Waals surface area contributed by atoms with Crippen LogP contribution in [-0.2, 0) is 0 Å². The third kappa shape index (κ3) is 3.20. The lowest BCUT2D eigenvalue weighted by atomic mass is 9.98. The topological polar surface area (TPSA) is 33.0 Å². The van der Waals surface area contributed by atoms with Gasteiger partial charge < -0.3 is 4.74 Å². The fraction of sp³-hybridized carbons (Fsp3) is 0.533. The molecule has 0 radical (unpaired) electrons. The summed E-state index contributed by atoms with van der Waals surface area (Å²) in [7, 11) is 0. The minimum atomic E-state index is 0.299. The van der Waals surface area contributed by atoms with Crippen LogP contribution in [0.5, 0.6) is 5.75 Å². The van der Waals surface area contributed by atoms with Gasteiger partial charge in [-0.2, -0.15) is 5.26 Å². The first-order chi connectivity index (χ1) is 8.85. The molecule has 0 atom stereocenters. The number of nitriles is 1. The maximum atomic E-state index is 9.31. The number of hydrogen-bond donors (Lipinski definition) is 0. The molecular formula is C15H19NOS. The minimum absolute atomic E-state index is 0.299. The summed E-state index contributed by atoms with van der Waals surface area (Å²) in [4.78, 5) is 1.04. The van der Waals surface area contributed by atoms with Crippen LogP contribution in [0.3, 0.4) is 0 Å². The van der Waals surface area contributed by atoms with E-state index in [0.29, 0.717) is 11.7 Å². The predicted molar refractivity (Wildman–Crippen MR) is 75.1 cm³/mol. The Bertz CT molecular complexity index is 433. The molecule has 0 heterocycles. The largest absolute Gasteiger partial charge is 0.489 e. The molecule has 1 saturated carbocycles. The Kier molecular flexibility index (Phi) is 4.95. The second kappa shape index (κ2) is 6.70. The van der Waals surface area contributed by atoms with Crippen LogP contribution in [0.15, 0.2) is 23.1 Å². The van der Waals surface area contributed by atoms with Crippen LogP contribution in [0.1, 0.15) is 44.6 Å². The molecule has 0 aromatic heterocycles. The van der Waals surface area contributed by atoms with E-state index >= 15 is 0 Å². The van der Waals surface area contributed by atoms with Crippen molar-refractivity contribution in [3.63, 3.8) is 0 Å². The second-order valence-electron chi connectivity index (χ2n) is 4.55. The third-order valence-electron chi connectivity index (χ3n) is 3.25. The Labute approximate surface area is 113 Å². The quantitative estimate of drug-likeness (QED) is 0.754. The molecule has 1 aromatic rings. The van der Waals surface area contributed by atoms with Gasteiger partial charge in [-0.1, -0.05) is 19.4 Å². The molecule has 2 rings (SSSR count). The molecule has 0 N–H and O–H groups in total. The Hall–Kier alpha value is -1.14. The number of thioether (sulfide) groups is 1. The molecule has 96 valence electrons. The van der Waals surface area contributed by atoms with E-state index in [4.69, 9.17) is 4.74 Å². The van der Waals surface area contributed by atoms with Crippen molar-refractivity contribution in [1.82, 2.24) is 0 Å². The van der Waals surface area contributed by atoms with Gasteiger partial charge in [0, 0.05) is 4.90 Å². The molecule has 0 amide bonds. The average Bonchev–Trinajstić information content (AvgIpc) is 2.41. The van der Waals surface area contributed by atoms with E-state index in [2.05, 4.69) is 13.0 Å². The number of rotatable bonds is 4. The summed E-state index contributed by atoms with van der Waals surface area (Å²) in [6.07, 6.45) is 6.35. The lowest BCUT2D eigenvalue weighted by molar-refractivity contribution is 0.154. The summed E-state index contributed by atoms with van der Waals surface area (Å²) in [5, 5.41) is 9.31. The SMILES string of the molecule is CCSc1cccc(OC2CCCCC2)c1C#N. The highest BCUT2D eigenvalue weighted by Gasteiger charge is 2.17. The Morgan fingerprint density at radius 3 is 2.78 bits per heavy atom. The van der Waals surface area contributed by atoms with Gasteiger partial charge in [-0.25, -0.2) is 0 Å². The van der Waals surface area contributed by atoms with Crippen molar-refractivity contribution >= 4 is 11.8 Å². The first kappa shape index (κ1) is 13.3. The van der Waals surface area contributed by atoms with Crippen LogP contribution >= 0.6 is 11.8 Å². The Morgan fingerprint density at radius 2 is 2.11 bits per heavy atom. The van der Waals surface area contributed by atoms with Crippen molar-refractivity contribution < 1.29 is 4.74 Å². The smallest absolute Gasteiger partial charge is 0.138 e. The first-order valence-corrected chi connectivity index (χ1v) is 7.66. The van der Waals surface area contributed by atoms with Crippen molar-refractivity contribution in [2.45, 2.75) is 50.0 Å². The molecule has 0 aliphatic heterocycles. The molecule has 1 aromatic carbocycles. The van der Waals surface area contributed by atoms with Crippen molar-refractivity contribution in [2.24, 2.45) is 0 Å². The molecule has 3 heteroatoms. The molecule has 0 bridgehead atoms. The van der Waals surface area contributed by atoms with Gasteiger partial charge >= 0.3 is 0 Å². The third-order valence-corrected chi connectivity index (χ3v) is 4.19. The van der Waals surface area contributed by atoms with Gasteiger partial charge in [0.05, 0.1) is 6.10 Å². The summed E-state index contributed by atoms with van der Waals surface area (Å²) in [6.45, 7) is 2.10. The standard InChI is InChI=1S/C15H19NOS/c1-2-18-15-10-6-9-14(13(15)11-16)17-12-7-4-3-5-8-12/h6,9-10,12H,2-5,7-8H2,1H3. The zero-order valence-corrected chi connectivity index (χ0v) is 11.6. The van der Waals surface area contributed by atoms with Crippen LogP contribution in [-0.4, -0.2) is 11.9 Å². The molecule has 0 saturated heterocycles. The molecule has 0 unspecified atom stereocenters. The van der Waals surface area contributed by atoms with Crippen molar-refractivity contribution in [3.05, 3.63) is 23.8 Å². The lowest BCUT2D eigenvalue weighted by Gasteiger charge is -2.23. The van der Waals surface area contributed by atoms with Gasteiger partial charge in [0.25, 0.3) is 0 Å².